The maximum Gasteiger partial charge on any atom is 0.325 e. The number of benzene rings is 2. The summed E-state index contributed by atoms with van der Waals surface area (Å²) < 4.78 is 7.06. The van der Waals surface area contributed by atoms with Crippen LogP contribution in [-0.2, 0) is 16.1 Å². The number of carbonyl (C=O) groups is 1. The molecule has 0 atom stereocenters. The number of hydrogen-bond acceptors (Lipinski definition) is 3. The molecule has 23 heavy (non-hydrogen) atoms. The van der Waals surface area contributed by atoms with Gasteiger partial charge in [0, 0.05) is 27.9 Å². The highest BCUT2D eigenvalue weighted by atomic mass is 16.5. The van der Waals surface area contributed by atoms with E-state index in [0.29, 0.717) is 6.61 Å². The van der Waals surface area contributed by atoms with E-state index in [1.54, 1.807) is 13.0 Å². The lowest BCUT2D eigenvalue weighted by atomic mass is 10.1. The Hall–Kier alpha value is -3.06. The summed E-state index contributed by atoms with van der Waals surface area (Å²) in [6, 6.07) is 15.9. The van der Waals surface area contributed by atoms with Crippen molar-refractivity contribution < 1.29 is 9.53 Å². The third-order valence-electron chi connectivity index (χ3n) is 3.74. The lowest BCUT2D eigenvalue weighted by Gasteiger charge is -2.07. The first-order chi connectivity index (χ1) is 11.2. The van der Waals surface area contributed by atoms with Gasteiger partial charge in [0.1, 0.15) is 6.54 Å². The Morgan fingerprint density at radius 3 is 2.78 bits per heavy atom. The molecule has 0 amide bonds. The fraction of sp³-hybridized carbons (Fsp3) is 0.158. The van der Waals surface area contributed by atoms with Crippen LogP contribution in [0.5, 0.6) is 0 Å². The minimum Gasteiger partial charge on any atom is -0.465 e. The number of ether oxygens (including phenoxy) is 1. The number of para-hydroxylation sites is 1. The summed E-state index contributed by atoms with van der Waals surface area (Å²) in [5.74, 6) is -0.247. The number of fused-ring (bicyclic) bond motifs is 3. The van der Waals surface area contributed by atoms with Gasteiger partial charge < -0.3 is 9.30 Å². The minimum absolute atomic E-state index is 0.186. The number of rotatable bonds is 4. The fourth-order valence-electron chi connectivity index (χ4n) is 2.81. The highest BCUT2D eigenvalue weighted by Gasteiger charge is 2.13. The maximum atomic E-state index is 11.9. The van der Waals surface area contributed by atoms with Crippen LogP contribution in [0.25, 0.3) is 27.9 Å². The van der Waals surface area contributed by atoms with E-state index in [0.717, 1.165) is 27.4 Å². The number of allylic oxidation sites excluding steroid dienone is 1. The normalized spacial score (nSPS) is 11.1. The molecule has 0 bridgehead atoms. The predicted octanol–water partition coefficient (Wildman–Crippen LogP) is 3.89. The Bertz CT molecular complexity index is 945. The van der Waals surface area contributed by atoms with Crippen molar-refractivity contribution in [1.82, 2.24) is 4.57 Å². The van der Waals surface area contributed by atoms with E-state index >= 15 is 0 Å². The van der Waals surface area contributed by atoms with E-state index in [-0.39, 0.29) is 12.5 Å². The largest absolute Gasteiger partial charge is 0.465 e. The molecule has 4 nitrogen and oxygen atoms in total. The van der Waals surface area contributed by atoms with Crippen LogP contribution in [0.2, 0.25) is 0 Å². The molecule has 114 valence electrons. The number of esters is 1. The van der Waals surface area contributed by atoms with Gasteiger partial charge in [0.05, 0.1) is 12.7 Å². The third kappa shape index (κ3) is 2.82. The molecule has 1 aromatic heterocycles. The molecule has 0 saturated carbocycles. The summed E-state index contributed by atoms with van der Waals surface area (Å²) in [5, 5.41) is 10.8. The topological polar surface area (TPSA) is 55.0 Å². The van der Waals surface area contributed by atoms with Crippen molar-refractivity contribution in [2.45, 2.75) is 13.5 Å². The second-order valence-corrected chi connectivity index (χ2v) is 5.15. The lowest BCUT2D eigenvalue weighted by Crippen LogP contribution is -2.13. The highest BCUT2D eigenvalue weighted by Crippen LogP contribution is 2.30. The van der Waals surface area contributed by atoms with Crippen LogP contribution in [0.1, 0.15) is 12.5 Å². The molecule has 0 radical (unpaired) electrons. The summed E-state index contributed by atoms with van der Waals surface area (Å²) >= 11 is 0. The first-order valence-electron chi connectivity index (χ1n) is 7.47. The molecule has 2 aromatic carbocycles. The molecule has 0 unspecified atom stereocenters. The predicted molar refractivity (Wildman–Crippen MR) is 90.7 cm³/mol. The van der Waals surface area contributed by atoms with Crippen molar-refractivity contribution in [3.05, 3.63) is 54.1 Å². The third-order valence-corrected chi connectivity index (χ3v) is 3.74. The second-order valence-electron chi connectivity index (χ2n) is 5.15. The Kier molecular flexibility index (Phi) is 4.11. The molecule has 3 rings (SSSR count). The van der Waals surface area contributed by atoms with Gasteiger partial charge in [-0.3, -0.25) is 4.79 Å². The van der Waals surface area contributed by atoms with Crippen LogP contribution >= 0.6 is 0 Å². The molecule has 0 N–H and O–H groups in total. The van der Waals surface area contributed by atoms with Gasteiger partial charge in [-0.15, -0.1) is 0 Å². The van der Waals surface area contributed by atoms with Crippen LogP contribution in [0, 0.1) is 11.3 Å². The van der Waals surface area contributed by atoms with E-state index in [1.165, 1.54) is 6.08 Å². The average Bonchev–Trinajstić information content (AvgIpc) is 2.87. The quantitative estimate of drug-likeness (QED) is 0.542. The maximum absolute atomic E-state index is 11.9. The van der Waals surface area contributed by atoms with Crippen LogP contribution in [0.4, 0.5) is 0 Å². The van der Waals surface area contributed by atoms with Crippen LogP contribution < -0.4 is 0 Å². The van der Waals surface area contributed by atoms with Crippen molar-refractivity contribution in [1.29, 1.82) is 5.26 Å². The zero-order valence-corrected chi connectivity index (χ0v) is 12.8. The molecule has 0 saturated heterocycles. The molecule has 0 aliphatic carbocycles. The summed E-state index contributed by atoms with van der Waals surface area (Å²) in [4.78, 5) is 11.9. The van der Waals surface area contributed by atoms with Crippen molar-refractivity contribution in [2.24, 2.45) is 0 Å². The van der Waals surface area contributed by atoms with E-state index in [9.17, 15) is 4.79 Å². The zero-order chi connectivity index (χ0) is 16.2. The van der Waals surface area contributed by atoms with Gasteiger partial charge in [-0.1, -0.05) is 24.3 Å². The Balaban J connectivity index is 2.19. The molecule has 0 spiro atoms. The first kappa shape index (κ1) is 14.9. The van der Waals surface area contributed by atoms with E-state index < -0.39 is 0 Å². The molecule has 3 aromatic rings. The molecule has 0 aliphatic rings. The smallest absolute Gasteiger partial charge is 0.325 e. The second kappa shape index (κ2) is 6.37. The Morgan fingerprint density at radius 1 is 1.22 bits per heavy atom. The monoisotopic (exact) mass is 304 g/mol. The zero-order valence-electron chi connectivity index (χ0n) is 12.8. The van der Waals surface area contributed by atoms with Crippen molar-refractivity contribution >= 4 is 33.9 Å². The SMILES string of the molecule is CCOC(=O)Cn1c2ccccc2c2cc(C=CC#N)ccc21. The highest BCUT2D eigenvalue weighted by molar-refractivity contribution is 6.09. The molecule has 0 aliphatic heterocycles. The van der Waals surface area contributed by atoms with Gasteiger partial charge in [0.2, 0.25) is 0 Å². The van der Waals surface area contributed by atoms with Gasteiger partial charge in [-0.05, 0) is 36.8 Å². The number of nitrogens with zero attached hydrogens (tertiary/aromatic N) is 2. The summed E-state index contributed by atoms with van der Waals surface area (Å²) in [6.07, 6.45) is 3.23. The van der Waals surface area contributed by atoms with E-state index in [2.05, 4.69) is 0 Å². The Labute approximate surface area is 134 Å². The molecule has 0 fully saturated rings. The van der Waals surface area contributed by atoms with Crippen LogP contribution in [0.15, 0.2) is 48.5 Å². The van der Waals surface area contributed by atoms with Crippen molar-refractivity contribution in [2.75, 3.05) is 6.61 Å². The lowest BCUT2D eigenvalue weighted by molar-refractivity contribution is -0.143. The minimum atomic E-state index is -0.247. The van der Waals surface area contributed by atoms with E-state index in [4.69, 9.17) is 10.00 Å². The number of aromatic nitrogens is 1. The van der Waals surface area contributed by atoms with Gasteiger partial charge >= 0.3 is 5.97 Å². The van der Waals surface area contributed by atoms with Gasteiger partial charge in [0.15, 0.2) is 0 Å². The first-order valence-corrected chi connectivity index (χ1v) is 7.47. The number of carbonyl (C=O) groups excluding carboxylic acids is 1. The molecule has 1 heterocycles. The average molecular weight is 304 g/mol. The fourth-order valence-corrected chi connectivity index (χ4v) is 2.81. The van der Waals surface area contributed by atoms with Gasteiger partial charge in [-0.2, -0.15) is 5.26 Å². The van der Waals surface area contributed by atoms with Crippen LogP contribution in [0.3, 0.4) is 0 Å². The van der Waals surface area contributed by atoms with Gasteiger partial charge in [0.25, 0.3) is 0 Å². The summed E-state index contributed by atoms with van der Waals surface area (Å²) in [7, 11) is 0. The standard InChI is InChI=1S/C19H16N2O2/c1-2-23-19(22)13-21-17-8-4-3-7-15(17)16-12-14(6-5-11-20)9-10-18(16)21/h3-10,12H,2,13H2,1H3. The van der Waals surface area contributed by atoms with Crippen LogP contribution in [-0.4, -0.2) is 17.1 Å². The Morgan fingerprint density at radius 2 is 2.00 bits per heavy atom. The molecular weight excluding hydrogens is 288 g/mol. The van der Waals surface area contributed by atoms with Crippen molar-refractivity contribution in [3.8, 4) is 6.07 Å². The number of hydrogen-bond donors (Lipinski definition) is 0. The molecular formula is C19H16N2O2. The summed E-state index contributed by atoms with van der Waals surface area (Å²) in [5.41, 5.74) is 2.93. The summed E-state index contributed by atoms with van der Waals surface area (Å²) in [6.45, 7) is 2.36. The molecule has 4 heteroatoms. The van der Waals surface area contributed by atoms with Crippen molar-refractivity contribution in [3.63, 3.8) is 0 Å². The van der Waals surface area contributed by atoms with Gasteiger partial charge in [-0.25, -0.2) is 0 Å². The number of nitriles is 1. The van der Waals surface area contributed by atoms with E-state index in [1.807, 2.05) is 53.1 Å².